The van der Waals surface area contributed by atoms with E-state index in [0.717, 1.165) is 5.69 Å². The van der Waals surface area contributed by atoms with E-state index in [0.29, 0.717) is 5.82 Å². The SMILES string of the molecule is CN=Cc1[nH]cnc1N. The van der Waals surface area contributed by atoms with Crippen LogP contribution in [0.4, 0.5) is 5.82 Å². The van der Waals surface area contributed by atoms with Gasteiger partial charge in [0.1, 0.15) is 5.69 Å². The molecule has 0 aromatic carbocycles. The molecule has 0 saturated carbocycles. The second-order valence-electron chi connectivity index (χ2n) is 1.59. The van der Waals surface area contributed by atoms with Gasteiger partial charge in [0.2, 0.25) is 0 Å². The average Bonchev–Trinajstić information content (AvgIpc) is 2.18. The van der Waals surface area contributed by atoms with E-state index in [9.17, 15) is 0 Å². The number of anilines is 1. The minimum Gasteiger partial charge on any atom is -0.382 e. The second-order valence-corrected chi connectivity index (χ2v) is 1.59. The summed E-state index contributed by atoms with van der Waals surface area (Å²) in [5.41, 5.74) is 6.15. The summed E-state index contributed by atoms with van der Waals surface area (Å²) in [7, 11) is 1.68. The van der Waals surface area contributed by atoms with Crippen LogP contribution in [0.5, 0.6) is 0 Å². The molecular weight excluding hydrogens is 116 g/mol. The van der Waals surface area contributed by atoms with Crippen molar-refractivity contribution in [2.24, 2.45) is 4.99 Å². The molecule has 0 amide bonds. The summed E-state index contributed by atoms with van der Waals surface area (Å²) >= 11 is 0. The Morgan fingerprint density at radius 2 is 2.67 bits per heavy atom. The van der Waals surface area contributed by atoms with E-state index < -0.39 is 0 Å². The number of nitrogen functional groups attached to an aromatic ring is 1. The van der Waals surface area contributed by atoms with Crippen molar-refractivity contribution in [1.82, 2.24) is 9.97 Å². The number of nitrogens with two attached hydrogens (primary N) is 1. The van der Waals surface area contributed by atoms with Crippen LogP contribution in [0.15, 0.2) is 11.3 Å². The maximum Gasteiger partial charge on any atom is 0.150 e. The summed E-state index contributed by atoms with van der Waals surface area (Å²) in [4.78, 5) is 10.3. The third kappa shape index (κ3) is 1.07. The van der Waals surface area contributed by atoms with Crippen LogP contribution in [0.2, 0.25) is 0 Å². The van der Waals surface area contributed by atoms with Crippen molar-refractivity contribution in [3.05, 3.63) is 12.0 Å². The van der Waals surface area contributed by atoms with E-state index in [2.05, 4.69) is 15.0 Å². The monoisotopic (exact) mass is 124 g/mol. The molecule has 1 heterocycles. The zero-order valence-corrected chi connectivity index (χ0v) is 5.13. The Morgan fingerprint density at radius 3 is 3.11 bits per heavy atom. The molecule has 1 aromatic heterocycles. The van der Waals surface area contributed by atoms with Crippen LogP contribution in [-0.2, 0) is 0 Å². The minimum atomic E-state index is 0.487. The van der Waals surface area contributed by atoms with E-state index in [1.807, 2.05) is 0 Å². The maximum atomic E-state index is 5.39. The summed E-state index contributed by atoms with van der Waals surface area (Å²) < 4.78 is 0. The van der Waals surface area contributed by atoms with Gasteiger partial charge in [-0.15, -0.1) is 0 Å². The lowest BCUT2D eigenvalue weighted by Gasteiger charge is -1.83. The van der Waals surface area contributed by atoms with Gasteiger partial charge in [-0.1, -0.05) is 0 Å². The van der Waals surface area contributed by atoms with Gasteiger partial charge in [-0.05, 0) is 0 Å². The number of rotatable bonds is 1. The molecule has 0 radical (unpaired) electrons. The zero-order chi connectivity index (χ0) is 6.69. The maximum absolute atomic E-state index is 5.39. The Hall–Kier alpha value is -1.32. The first-order valence-corrected chi connectivity index (χ1v) is 2.55. The number of nitrogens with zero attached hydrogens (tertiary/aromatic N) is 2. The summed E-state index contributed by atoms with van der Waals surface area (Å²) in [6, 6.07) is 0. The average molecular weight is 124 g/mol. The lowest BCUT2D eigenvalue weighted by Crippen LogP contribution is -1.90. The van der Waals surface area contributed by atoms with E-state index in [1.54, 1.807) is 13.3 Å². The first-order valence-electron chi connectivity index (χ1n) is 2.55. The van der Waals surface area contributed by atoms with Gasteiger partial charge in [-0.2, -0.15) is 0 Å². The summed E-state index contributed by atoms with van der Waals surface area (Å²) in [5, 5.41) is 0. The van der Waals surface area contributed by atoms with Crippen molar-refractivity contribution < 1.29 is 0 Å². The molecule has 0 aliphatic rings. The fourth-order valence-corrected chi connectivity index (χ4v) is 0.547. The standard InChI is InChI=1S/C5H8N4/c1-7-2-4-5(6)9-3-8-4/h2-3H,6H2,1H3,(H,8,9). The van der Waals surface area contributed by atoms with Crippen LogP contribution in [0, 0.1) is 0 Å². The second kappa shape index (κ2) is 2.30. The number of hydrogen-bond acceptors (Lipinski definition) is 3. The normalized spacial score (nSPS) is 10.8. The number of nitrogens with one attached hydrogen (secondary N) is 1. The fraction of sp³-hybridized carbons (Fsp3) is 0.200. The molecule has 0 unspecified atom stereocenters. The van der Waals surface area contributed by atoms with Gasteiger partial charge in [0, 0.05) is 13.3 Å². The number of aliphatic imine (C=N–C) groups is 1. The first-order chi connectivity index (χ1) is 4.34. The van der Waals surface area contributed by atoms with Crippen molar-refractivity contribution in [1.29, 1.82) is 0 Å². The van der Waals surface area contributed by atoms with Gasteiger partial charge in [-0.25, -0.2) is 4.98 Å². The van der Waals surface area contributed by atoms with Crippen molar-refractivity contribution >= 4 is 12.0 Å². The third-order valence-corrected chi connectivity index (χ3v) is 0.958. The summed E-state index contributed by atoms with van der Waals surface area (Å²) in [6.07, 6.45) is 3.16. The highest BCUT2D eigenvalue weighted by Gasteiger charge is 1.93. The highest BCUT2D eigenvalue weighted by atomic mass is 15.0. The third-order valence-electron chi connectivity index (χ3n) is 0.958. The predicted molar refractivity (Wildman–Crippen MR) is 36.5 cm³/mol. The molecule has 0 saturated heterocycles. The van der Waals surface area contributed by atoms with E-state index >= 15 is 0 Å². The molecule has 0 atom stereocenters. The number of imidazole rings is 1. The number of H-pyrrole nitrogens is 1. The Morgan fingerprint density at radius 1 is 1.89 bits per heavy atom. The molecule has 4 heteroatoms. The minimum absolute atomic E-state index is 0.487. The molecule has 0 bridgehead atoms. The molecule has 3 N–H and O–H groups in total. The van der Waals surface area contributed by atoms with Crippen molar-refractivity contribution in [3.8, 4) is 0 Å². The quantitative estimate of drug-likeness (QED) is 0.519. The molecule has 0 aliphatic carbocycles. The molecule has 1 aromatic rings. The lowest BCUT2D eigenvalue weighted by molar-refractivity contribution is 1.31. The van der Waals surface area contributed by atoms with Crippen LogP contribution in [-0.4, -0.2) is 23.2 Å². The topological polar surface area (TPSA) is 67.1 Å². The highest BCUT2D eigenvalue weighted by Crippen LogP contribution is 1.98. The molecule has 0 spiro atoms. The van der Waals surface area contributed by atoms with E-state index in [1.165, 1.54) is 6.33 Å². The summed E-state index contributed by atoms with van der Waals surface area (Å²) in [6.45, 7) is 0. The van der Waals surface area contributed by atoms with Crippen molar-refractivity contribution in [3.63, 3.8) is 0 Å². The molecular formula is C5H8N4. The van der Waals surface area contributed by atoms with Gasteiger partial charge in [-0.3, -0.25) is 4.99 Å². The fourth-order valence-electron chi connectivity index (χ4n) is 0.547. The molecule has 48 valence electrons. The van der Waals surface area contributed by atoms with Gasteiger partial charge in [0.05, 0.1) is 6.33 Å². The van der Waals surface area contributed by atoms with E-state index in [-0.39, 0.29) is 0 Å². The highest BCUT2D eigenvalue weighted by molar-refractivity contribution is 5.82. The molecule has 9 heavy (non-hydrogen) atoms. The Kier molecular flexibility index (Phi) is 1.48. The summed E-state index contributed by atoms with van der Waals surface area (Å²) in [5.74, 6) is 0.487. The van der Waals surface area contributed by atoms with E-state index in [4.69, 9.17) is 5.73 Å². The molecule has 0 fully saturated rings. The van der Waals surface area contributed by atoms with Gasteiger partial charge in [0.25, 0.3) is 0 Å². The van der Waals surface area contributed by atoms with Crippen LogP contribution >= 0.6 is 0 Å². The smallest absolute Gasteiger partial charge is 0.150 e. The van der Waals surface area contributed by atoms with Gasteiger partial charge < -0.3 is 10.7 Å². The number of hydrogen-bond donors (Lipinski definition) is 2. The molecule has 4 nitrogen and oxygen atoms in total. The van der Waals surface area contributed by atoms with Gasteiger partial charge in [0.15, 0.2) is 5.82 Å². The number of aromatic nitrogens is 2. The molecule has 0 aliphatic heterocycles. The predicted octanol–water partition coefficient (Wildman–Crippen LogP) is 0.0406. The van der Waals surface area contributed by atoms with Crippen LogP contribution in [0.1, 0.15) is 5.69 Å². The van der Waals surface area contributed by atoms with Crippen LogP contribution < -0.4 is 5.73 Å². The zero-order valence-electron chi connectivity index (χ0n) is 5.13. The Balaban J connectivity index is 2.94. The number of aromatic amines is 1. The first kappa shape index (κ1) is 5.81. The van der Waals surface area contributed by atoms with Crippen molar-refractivity contribution in [2.75, 3.05) is 12.8 Å². The Bertz CT molecular complexity index is 212. The lowest BCUT2D eigenvalue weighted by atomic mass is 10.5. The Labute approximate surface area is 52.8 Å². The van der Waals surface area contributed by atoms with Gasteiger partial charge >= 0.3 is 0 Å². The van der Waals surface area contributed by atoms with Crippen LogP contribution in [0.3, 0.4) is 0 Å². The van der Waals surface area contributed by atoms with Crippen LogP contribution in [0.25, 0.3) is 0 Å². The van der Waals surface area contributed by atoms with Crippen molar-refractivity contribution in [2.45, 2.75) is 0 Å². The largest absolute Gasteiger partial charge is 0.382 e. The molecule has 1 rings (SSSR count).